The largest absolute Gasteiger partial charge is 0.444 e. The number of ether oxygens (including phenoxy) is 1. The van der Waals surface area contributed by atoms with Crippen LogP contribution in [0.2, 0.25) is 0 Å². The first-order chi connectivity index (χ1) is 9.73. The second-order valence-corrected chi connectivity index (χ2v) is 6.90. The first kappa shape index (κ1) is 17.8. The van der Waals surface area contributed by atoms with Crippen LogP contribution >= 0.6 is 0 Å². The number of hydrogen-bond donors (Lipinski definition) is 1. The molecule has 0 spiro atoms. The van der Waals surface area contributed by atoms with Gasteiger partial charge in [-0.05, 0) is 52.9 Å². The normalized spacial score (nSPS) is 21.4. The van der Waals surface area contributed by atoms with Gasteiger partial charge in [-0.2, -0.15) is 0 Å². The third-order valence-electron chi connectivity index (χ3n) is 3.84. The molecule has 0 aromatic heterocycles. The van der Waals surface area contributed by atoms with E-state index in [9.17, 15) is 9.59 Å². The molecular formula is C16H30N2O3. The molecule has 5 heteroatoms. The van der Waals surface area contributed by atoms with E-state index >= 15 is 0 Å². The molecule has 5 nitrogen and oxygen atoms in total. The van der Waals surface area contributed by atoms with Gasteiger partial charge in [0.15, 0.2) is 0 Å². The molecule has 1 saturated heterocycles. The minimum atomic E-state index is -0.552. The highest BCUT2D eigenvalue weighted by Crippen LogP contribution is 2.20. The Bertz CT molecular complexity index is 363. The quantitative estimate of drug-likeness (QED) is 0.871. The number of rotatable bonds is 3. The van der Waals surface area contributed by atoms with Gasteiger partial charge >= 0.3 is 6.09 Å². The molecule has 0 aromatic carbocycles. The Morgan fingerprint density at radius 3 is 2.52 bits per heavy atom. The van der Waals surface area contributed by atoms with Gasteiger partial charge in [0, 0.05) is 13.1 Å². The summed E-state index contributed by atoms with van der Waals surface area (Å²) >= 11 is 0. The molecular weight excluding hydrogens is 268 g/mol. The molecule has 0 aliphatic carbocycles. The molecule has 21 heavy (non-hydrogen) atoms. The fourth-order valence-corrected chi connectivity index (χ4v) is 2.61. The molecule has 1 heterocycles. The molecule has 2 amide bonds. The maximum atomic E-state index is 12.4. The predicted molar refractivity (Wildman–Crippen MR) is 83.0 cm³/mol. The number of nitrogens with zero attached hydrogens (tertiary/aromatic N) is 1. The number of carbonyl (C=O) groups excluding carboxylic acids is 2. The second-order valence-electron chi connectivity index (χ2n) is 6.90. The second kappa shape index (κ2) is 7.66. The molecule has 0 bridgehead atoms. The molecule has 1 aliphatic heterocycles. The molecule has 1 rings (SSSR count). The van der Waals surface area contributed by atoms with Crippen LogP contribution < -0.4 is 5.32 Å². The molecule has 0 saturated carbocycles. The van der Waals surface area contributed by atoms with E-state index in [1.54, 1.807) is 27.7 Å². The molecule has 0 aromatic rings. The van der Waals surface area contributed by atoms with E-state index in [0.717, 1.165) is 31.8 Å². The van der Waals surface area contributed by atoms with Crippen LogP contribution in [-0.2, 0) is 9.53 Å². The highest BCUT2D eigenvalue weighted by molar-refractivity contribution is 5.85. The van der Waals surface area contributed by atoms with Gasteiger partial charge in [0.1, 0.15) is 11.6 Å². The van der Waals surface area contributed by atoms with E-state index in [-0.39, 0.29) is 5.91 Å². The van der Waals surface area contributed by atoms with Crippen molar-refractivity contribution in [2.24, 2.45) is 5.92 Å². The predicted octanol–water partition coefficient (Wildman–Crippen LogP) is 2.94. The van der Waals surface area contributed by atoms with Gasteiger partial charge in [0.25, 0.3) is 0 Å². The summed E-state index contributed by atoms with van der Waals surface area (Å²) in [5, 5.41) is 2.63. The minimum absolute atomic E-state index is 0.0161. The van der Waals surface area contributed by atoms with Crippen LogP contribution in [0.5, 0.6) is 0 Å². The standard InChI is InChI=1S/C16H30N2O3/c1-6-13-8-7-10-18(11-9-13)14(19)12(2)17-15(20)21-16(3,4)5/h12-13H,6-11H2,1-5H3,(H,17,20). The Labute approximate surface area is 128 Å². The van der Waals surface area contributed by atoms with Gasteiger partial charge in [0.05, 0.1) is 0 Å². The van der Waals surface area contributed by atoms with Crippen molar-refractivity contribution in [1.82, 2.24) is 10.2 Å². The Hall–Kier alpha value is -1.26. The maximum Gasteiger partial charge on any atom is 0.408 e. The van der Waals surface area contributed by atoms with Crippen LogP contribution in [-0.4, -0.2) is 41.6 Å². The average molecular weight is 298 g/mol. The molecule has 1 aliphatic rings. The maximum absolute atomic E-state index is 12.4. The zero-order valence-electron chi connectivity index (χ0n) is 14.1. The number of amides is 2. The number of hydrogen-bond acceptors (Lipinski definition) is 3. The first-order valence-electron chi connectivity index (χ1n) is 8.01. The first-order valence-corrected chi connectivity index (χ1v) is 8.01. The van der Waals surface area contributed by atoms with Crippen LogP contribution in [0.25, 0.3) is 0 Å². The van der Waals surface area contributed by atoms with Crippen LogP contribution in [0, 0.1) is 5.92 Å². The zero-order chi connectivity index (χ0) is 16.0. The van der Waals surface area contributed by atoms with E-state index in [1.807, 2.05) is 4.90 Å². The molecule has 1 N–H and O–H groups in total. The lowest BCUT2D eigenvalue weighted by molar-refractivity contribution is -0.133. The van der Waals surface area contributed by atoms with Crippen molar-refractivity contribution in [2.75, 3.05) is 13.1 Å². The van der Waals surface area contributed by atoms with E-state index in [2.05, 4.69) is 12.2 Å². The fourth-order valence-electron chi connectivity index (χ4n) is 2.61. The number of nitrogens with one attached hydrogen (secondary N) is 1. The third kappa shape index (κ3) is 6.36. The van der Waals surface area contributed by atoms with Gasteiger partial charge in [-0.3, -0.25) is 4.79 Å². The van der Waals surface area contributed by atoms with Gasteiger partial charge in [0.2, 0.25) is 5.91 Å². The van der Waals surface area contributed by atoms with Crippen molar-refractivity contribution in [1.29, 1.82) is 0 Å². The molecule has 2 atom stereocenters. The summed E-state index contributed by atoms with van der Waals surface area (Å²) in [6, 6.07) is -0.543. The van der Waals surface area contributed by atoms with Crippen molar-refractivity contribution in [3.63, 3.8) is 0 Å². The van der Waals surface area contributed by atoms with Crippen LogP contribution in [0.1, 0.15) is 60.3 Å². The Kier molecular flexibility index (Phi) is 6.49. The number of alkyl carbamates (subject to hydrolysis) is 1. The van der Waals surface area contributed by atoms with Crippen molar-refractivity contribution in [3.8, 4) is 0 Å². The molecule has 122 valence electrons. The van der Waals surface area contributed by atoms with Gasteiger partial charge in [-0.15, -0.1) is 0 Å². The van der Waals surface area contributed by atoms with Crippen LogP contribution in [0.15, 0.2) is 0 Å². The smallest absolute Gasteiger partial charge is 0.408 e. The SMILES string of the molecule is CCC1CCCN(C(=O)C(C)NC(=O)OC(C)(C)C)CC1. The van der Waals surface area contributed by atoms with Gasteiger partial charge in [-0.25, -0.2) is 4.79 Å². The van der Waals surface area contributed by atoms with Gasteiger partial charge in [-0.1, -0.05) is 13.3 Å². The lowest BCUT2D eigenvalue weighted by atomic mass is 9.98. The van der Waals surface area contributed by atoms with Crippen LogP contribution in [0.4, 0.5) is 4.79 Å². The summed E-state index contributed by atoms with van der Waals surface area (Å²) in [5.41, 5.74) is -0.552. The summed E-state index contributed by atoms with van der Waals surface area (Å²) in [5.74, 6) is 0.703. The number of carbonyl (C=O) groups is 2. The monoisotopic (exact) mass is 298 g/mol. The highest BCUT2D eigenvalue weighted by atomic mass is 16.6. The Morgan fingerprint density at radius 1 is 1.29 bits per heavy atom. The third-order valence-corrected chi connectivity index (χ3v) is 3.84. The van der Waals surface area contributed by atoms with Crippen LogP contribution in [0.3, 0.4) is 0 Å². The van der Waals surface area contributed by atoms with E-state index < -0.39 is 17.7 Å². The van der Waals surface area contributed by atoms with Crippen molar-refractivity contribution in [3.05, 3.63) is 0 Å². The summed E-state index contributed by atoms with van der Waals surface area (Å²) < 4.78 is 5.18. The minimum Gasteiger partial charge on any atom is -0.444 e. The van der Waals surface area contributed by atoms with E-state index in [0.29, 0.717) is 0 Å². The Balaban J connectivity index is 2.48. The summed E-state index contributed by atoms with van der Waals surface area (Å²) in [4.78, 5) is 26.0. The van der Waals surface area contributed by atoms with E-state index in [4.69, 9.17) is 4.74 Å². The number of likely N-dealkylation sites (tertiary alicyclic amines) is 1. The molecule has 0 radical (unpaired) electrons. The highest BCUT2D eigenvalue weighted by Gasteiger charge is 2.26. The zero-order valence-corrected chi connectivity index (χ0v) is 14.1. The molecule has 2 unspecified atom stereocenters. The van der Waals surface area contributed by atoms with Crippen molar-refractivity contribution >= 4 is 12.0 Å². The average Bonchev–Trinajstić information content (AvgIpc) is 2.60. The summed E-state index contributed by atoms with van der Waals surface area (Å²) in [6.45, 7) is 10.9. The Morgan fingerprint density at radius 2 is 1.95 bits per heavy atom. The topological polar surface area (TPSA) is 58.6 Å². The summed E-state index contributed by atoms with van der Waals surface area (Å²) in [6.07, 6.45) is 3.93. The fraction of sp³-hybridized carbons (Fsp3) is 0.875. The van der Waals surface area contributed by atoms with E-state index in [1.165, 1.54) is 12.8 Å². The van der Waals surface area contributed by atoms with Crippen molar-refractivity contribution < 1.29 is 14.3 Å². The molecule has 1 fully saturated rings. The van der Waals surface area contributed by atoms with Crippen molar-refractivity contribution in [2.45, 2.75) is 71.9 Å². The van der Waals surface area contributed by atoms with Gasteiger partial charge < -0.3 is 15.0 Å². The lowest BCUT2D eigenvalue weighted by Crippen LogP contribution is -2.48. The summed E-state index contributed by atoms with van der Waals surface area (Å²) in [7, 11) is 0. The lowest BCUT2D eigenvalue weighted by Gasteiger charge is -2.26.